The van der Waals surface area contributed by atoms with E-state index in [1.54, 1.807) is 7.11 Å². The summed E-state index contributed by atoms with van der Waals surface area (Å²) in [5.74, 6) is 0. The van der Waals surface area contributed by atoms with Crippen LogP contribution in [-0.4, -0.2) is 50.2 Å². The Hall–Kier alpha value is -0.160. The lowest BCUT2D eigenvalue weighted by molar-refractivity contribution is -0.0329. The molecule has 2 N–H and O–H groups in total. The van der Waals surface area contributed by atoms with E-state index < -0.39 is 6.10 Å². The molecule has 4 heteroatoms. The molecule has 0 bridgehead atoms. The summed E-state index contributed by atoms with van der Waals surface area (Å²) in [7, 11) is 1.66. The van der Waals surface area contributed by atoms with Gasteiger partial charge in [-0.1, -0.05) is 27.7 Å². The molecule has 2 unspecified atom stereocenters. The number of aliphatic hydroxyl groups is 1. The van der Waals surface area contributed by atoms with Gasteiger partial charge in [-0.25, -0.2) is 0 Å². The lowest BCUT2D eigenvalue weighted by Gasteiger charge is -2.45. The first-order chi connectivity index (χ1) is 9.63. The quantitative estimate of drug-likeness (QED) is 0.723. The van der Waals surface area contributed by atoms with Gasteiger partial charge >= 0.3 is 0 Å². The molecule has 0 spiro atoms. The molecule has 4 nitrogen and oxygen atoms in total. The van der Waals surface area contributed by atoms with Gasteiger partial charge in [-0.2, -0.15) is 0 Å². The summed E-state index contributed by atoms with van der Waals surface area (Å²) >= 11 is 0. The molecule has 1 rings (SSSR count). The Kier molecular flexibility index (Phi) is 7.11. The lowest BCUT2D eigenvalue weighted by Crippen LogP contribution is -2.46. The van der Waals surface area contributed by atoms with Crippen molar-refractivity contribution in [3.63, 3.8) is 0 Å². The first-order valence-corrected chi connectivity index (χ1v) is 8.15. The van der Waals surface area contributed by atoms with Crippen LogP contribution in [0.5, 0.6) is 0 Å². The van der Waals surface area contributed by atoms with Gasteiger partial charge in [-0.3, -0.25) is 0 Å². The number of rotatable bonds is 8. The second kappa shape index (κ2) is 7.91. The zero-order valence-electron chi connectivity index (χ0n) is 14.7. The highest BCUT2D eigenvalue weighted by Gasteiger charge is 2.38. The van der Waals surface area contributed by atoms with Crippen molar-refractivity contribution in [2.45, 2.75) is 72.1 Å². The van der Waals surface area contributed by atoms with E-state index in [4.69, 9.17) is 9.47 Å². The van der Waals surface area contributed by atoms with Crippen molar-refractivity contribution >= 4 is 0 Å². The van der Waals surface area contributed by atoms with Crippen LogP contribution in [0.2, 0.25) is 0 Å². The highest BCUT2D eigenvalue weighted by Crippen LogP contribution is 2.45. The highest BCUT2D eigenvalue weighted by atomic mass is 16.5. The fourth-order valence-electron chi connectivity index (χ4n) is 3.91. The monoisotopic (exact) mass is 301 g/mol. The molecule has 1 saturated carbocycles. The summed E-state index contributed by atoms with van der Waals surface area (Å²) in [6.45, 7) is 12.8. The van der Waals surface area contributed by atoms with Crippen molar-refractivity contribution < 1.29 is 14.6 Å². The third-order valence-corrected chi connectivity index (χ3v) is 4.17. The van der Waals surface area contributed by atoms with Gasteiger partial charge in [-0.05, 0) is 37.0 Å². The molecule has 0 aromatic rings. The second-order valence-electron chi connectivity index (χ2n) is 8.27. The molecule has 0 saturated heterocycles. The number of ether oxygens (including phenoxy) is 2. The van der Waals surface area contributed by atoms with Gasteiger partial charge in [-0.15, -0.1) is 0 Å². The molecule has 126 valence electrons. The van der Waals surface area contributed by atoms with Gasteiger partial charge in [0.2, 0.25) is 0 Å². The third kappa shape index (κ3) is 7.59. The van der Waals surface area contributed by atoms with E-state index >= 15 is 0 Å². The summed E-state index contributed by atoms with van der Waals surface area (Å²) < 4.78 is 10.6. The van der Waals surface area contributed by atoms with Crippen molar-refractivity contribution in [2.24, 2.45) is 10.8 Å². The molecule has 2 atom stereocenters. The maximum Gasteiger partial charge on any atom is 0.0897 e. The SMILES string of the molecule is COCC(C)OCC(O)CNC1CC(C)(C)CC(C)(C)C1. The van der Waals surface area contributed by atoms with Gasteiger partial charge in [0, 0.05) is 19.7 Å². The minimum absolute atomic E-state index is 0.0252. The summed E-state index contributed by atoms with van der Waals surface area (Å²) in [5, 5.41) is 13.6. The Bertz CT molecular complexity index is 288. The van der Waals surface area contributed by atoms with Crippen LogP contribution >= 0.6 is 0 Å². The number of hydrogen-bond acceptors (Lipinski definition) is 4. The summed E-state index contributed by atoms with van der Waals surface area (Å²) in [4.78, 5) is 0. The third-order valence-electron chi connectivity index (χ3n) is 4.17. The van der Waals surface area contributed by atoms with Crippen LogP contribution in [0.15, 0.2) is 0 Å². The average molecular weight is 301 g/mol. The highest BCUT2D eigenvalue weighted by molar-refractivity contribution is 4.92. The van der Waals surface area contributed by atoms with Crippen LogP contribution in [0.1, 0.15) is 53.9 Å². The number of methoxy groups -OCH3 is 1. The maximum atomic E-state index is 10.0. The van der Waals surface area contributed by atoms with E-state index in [0.717, 1.165) is 0 Å². The Morgan fingerprint density at radius 2 is 1.71 bits per heavy atom. The summed E-state index contributed by atoms with van der Waals surface area (Å²) in [6, 6.07) is 0.481. The number of hydrogen-bond donors (Lipinski definition) is 2. The van der Waals surface area contributed by atoms with Gasteiger partial charge in [0.25, 0.3) is 0 Å². The molecule has 1 aliphatic carbocycles. The van der Waals surface area contributed by atoms with E-state index in [2.05, 4.69) is 33.0 Å². The largest absolute Gasteiger partial charge is 0.389 e. The zero-order valence-corrected chi connectivity index (χ0v) is 14.7. The van der Waals surface area contributed by atoms with Gasteiger partial charge < -0.3 is 19.9 Å². The van der Waals surface area contributed by atoms with Crippen LogP contribution in [0.25, 0.3) is 0 Å². The molecule has 0 aliphatic heterocycles. The Balaban J connectivity index is 2.30. The Labute approximate surface area is 130 Å². The van der Waals surface area contributed by atoms with E-state index in [-0.39, 0.29) is 6.10 Å². The van der Waals surface area contributed by atoms with E-state index in [1.165, 1.54) is 19.3 Å². The van der Waals surface area contributed by atoms with Crippen LogP contribution < -0.4 is 5.32 Å². The minimum Gasteiger partial charge on any atom is -0.389 e. The van der Waals surface area contributed by atoms with Gasteiger partial charge in [0.15, 0.2) is 0 Å². The van der Waals surface area contributed by atoms with Crippen molar-refractivity contribution in [2.75, 3.05) is 26.9 Å². The maximum absolute atomic E-state index is 10.0. The fourth-order valence-corrected chi connectivity index (χ4v) is 3.91. The van der Waals surface area contributed by atoms with Crippen molar-refractivity contribution in [3.8, 4) is 0 Å². The zero-order chi connectivity index (χ0) is 16.1. The predicted octanol–water partition coefficient (Wildman–Crippen LogP) is 2.59. The van der Waals surface area contributed by atoms with Crippen molar-refractivity contribution in [1.82, 2.24) is 5.32 Å². The number of aliphatic hydroxyl groups excluding tert-OH is 1. The number of nitrogens with one attached hydrogen (secondary N) is 1. The lowest BCUT2D eigenvalue weighted by atomic mass is 9.63. The first kappa shape index (κ1) is 18.9. The van der Waals surface area contributed by atoms with E-state index in [9.17, 15) is 5.11 Å². The predicted molar refractivity (Wildman–Crippen MR) is 86.5 cm³/mol. The van der Waals surface area contributed by atoms with Gasteiger partial charge in [0.1, 0.15) is 0 Å². The molecule has 0 heterocycles. The second-order valence-corrected chi connectivity index (χ2v) is 8.27. The topological polar surface area (TPSA) is 50.7 Å². The van der Waals surface area contributed by atoms with Gasteiger partial charge in [0.05, 0.1) is 25.4 Å². The van der Waals surface area contributed by atoms with Crippen molar-refractivity contribution in [1.29, 1.82) is 0 Å². The average Bonchev–Trinajstić information content (AvgIpc) is 2.30. The normalized spacial score (nSPS) is 24.7. The molecule has 1 fully saturated rings. The molecule has 21 heavy (non-hydrogen) atoms. The minimum atomic E-state index is -0.461. The summed E-state index contributed by atoms with van der Waals surface area (Å²) in [5.41, 5.74) is 0.738. The molecule has 0 radical (unpaired) electrons. The van der Waals surface area contributed by atoms with Crippen LogP contribution in [0.4, 0.5) is 0 Å². The van der Waals surface area contributed by atoms with Crippen LogP contribution in [-0.2, 0) is 9.47 Å². The molecular weight excluding hydrogens is 266 g/mol. The standard InChI is InChI=1S/C17H35NO3/c1-13(10-20-6)21-11-15(19)9-18-14-7-16(2,3)12-17(4,5)8-14/h13-15,18-19H,7-12H2,1-6H3. The molecule has 0 aromatic heterocycles. The Morgan fingerprint density at radius 3 is 2.24 bits per heavy atom. The molecule has 0 aromatic carbocycles. The molecule has 0 amide bonds. The van der Waals surface area contributed by atoms with Crippen LogP contribution in [0, 0.1) is 10.8 Å². The van der Waals surface area contributed by atoms with E-state index in [1.807, 2.05) is 6.92 Å². The molecule has 1 aliphatic rings. The summed E-state index contributed by atoms with van der Waals surface area (Å²) in [6.07, 6.45) is 3.17. The smallest absolute Gasteiger partial charge is 0.0897 e. The Morgan fingerprint density at radius 1 is 1.14 bits per heavy atom. The fraction of sp³-hybridized carbons (Fsp3) is 1.00. The van der Waals surface area contributed by atoms with Crippen LogP contribution in [0.3, 0.4) is 0 Å². The van der Waals surface area contributed by atoms with E-state index in [0.29, 0.717) is 36.6 Å². The molecular formula is C17H35NO3. The first-order valence-electron chi connectivity index (χ1n) is 8.15. The van der Waals surface area contributed by atoms with Crippen molar-refractivity contribution in [3.05, 3.63) is 0 Å².